The summed E-state index contributed by atoms with van der Waals surface area (Å²) in [5, 5.41) is 2.06. The van der Waals surface area contributed by atoms with Gasteiger partial charge in [0, 0.05) is 11.8 Å². The van der Waals surface area contributed by atoms with E-state index in [-0.39, 0.29) is 12.1 Å². The molecule has 0 aliphatic heterocycles. The summed E-state index contributed by atoms with van der Waals surface area (Å²) in [6.07, 6.45) is 0.392. The van der Waals surface area contributed by atoms with Crippen molar-refractivity contribution < 1.29 is 9.53 Å². The summed E-state index contributed by atoms with van der Waals surface area (Å²) in [5.41, 5.74) is 0. The van der Waals surface area contributed by atoms with Gasteiger partial charge in [0.1, 0.15) is 5.75 Å². The van der Waals surface area contributed by atoms with Crippen LogP contribution in [0.25, 0.3) is 10.8 Å². The molecular weight excluding hydrogens is 202 g/mol. The van der Waals surface area contributed by atoms with Gasteiger partial charge in [-0.15, -0.1) is 0 Å². The number of carbonyl (C=O) groups excluding carboxylic acids is 1. The van der Waals surface area contributed by atoms with E-state index < -0.39 is 0 Å². The zero-order chi connectivity index (χ0) is 10.7. The Balaban J connectivity index is 0.00000128. The molecule has 16 heavy (non-hydrogen) atoms. The molecule has 2 rings (SSSR count). The summed E-state index contributed by atoms with van der Waals surface area (Å²) in [7, 11) is 0. The summed E-state index contributed by atoms with van der Waals surface area (Å²) in [6.45, 7) is 1.79. The van der Waals surface area contributed by atoms with Gasteiger partial charge in [0.2, 0.25) is 0 Å². The number of benzene rings is 2. The number of fused-ring (bicyclic) bond motifs is 1. The molecule has 2 aromatic rings. The second-order valence-corrected chi connectivity index (χ2v) is 3.30. The number of esters is 1. The van der Waals surface area contributed by atoms with Crippen LogP contribution >= 0.6 is 0 Å². The van der Waals surface area contributed by atoms with Crippen LogP contribution in [0.2, 0.25) is 0 Å². The lowest BCUT2D eigenvalue weighted by Crippen LogP contribution is -2.05. The fraction of sp³-hybridized carbons (Fsp3) is 0.154. The maximum Gasteiger partial charge on any atom is 0.310 e. The second-order valence-electron chi connectivity index (χ2n) is 3.30. The molecule has 0 aromatic heterocycles. The molecule has 0 aliphatic carbocycles. The third-order valence-electron chi connectivity index (χ3n) is 2.26. The molecule has 3 heteroatoms. The smallest absolute Gasteiger partial charge is 0.310 e. The third-order valence-corrected chi connectivity index (χ3v) is 2.26. The van der Waals surface area contributed by atoms with Gasteiger partial charge in [0.25, 0.3) is 0 Å². The topological polar surface area (TPSA) is 61.3 Å². The first-order chi connectivity index (χ1) is 7.31. The minimum atomic E-state index is -0.202. The van der Waals surface area contributed by atoms with Crippen LogP contribution in [0.4, 0.5) is 0 Å². The van der Waals surface area contributed by atoms with Crippen LogP contribution in [0.5, 0.6) is 5.75 Å². The average Bonchev–Trinajstić information content (AvgIpc) is 2.29. The molecule has 0 saturated carbocycles. The van der Waals surface area contributed by atoms with Gasteiger partial charge in [0.15, 0.2) is 0 Å². The lowest BCUT2D eigenvalue weighted by atomic mass is 10.1. The van der Waals surface area contributed by atoms with Gasteiger partial charge in [-0.05, 0) is 11.5 Å². The lowest BCUT2D eigenvalue weighted by molar-refractivity contribution is -0.133. The molecule has 2 aromatic carbocycles. The Hall–Kier alpha value is -1.87. The highest BCUT2D eigenvalue weighted by Gasteiger charge is 2.04. The molecule has 0 amide bonds. The van der Waals surface area contributed by atoms with Crippen molar-refractivity contribution in [3.05, 3.63) is 42.5 Å². The number of rotatable bonds is 2. The predicted molar refractivity (Wildman–Crippen MR) is 64.9 cm³/mol. The largest absolute Gasteiger partial charge is 0.426 e. The van der Waals surface area contributed by atoms with Crippen LogP contribution in [0.3, 0.4) is 0 Å². The van der Waals surface area contributed by atoms with E-state index in [1.54, 1.807) is 6.92 Å². The molecule has 84 valence electrons. The summed E-state index contributed by atoms with van der Waals surface area (Å²) in [4.78, 5) is 11.2. The molecule has 0 heterocycles. The highest BCUT2D eigenvalue weighted by atomic mass is 16.5. The van der Waals surface area contributed by atoms with Crippen LogP contribution in [-0.4, -0.2) is 5.97 Å². The zero-order valence-electron chi connectivity index (χ0n) is 9.27. The maximum atomic E-state index is 11.2. The Kier molecular flexibility index (Phi) is 4.03. The van der Waals surface area contributed by atoms with E-state index in [0.717, 1.165) is 10.8 Å². The Labute approximate surface area is 94.6 Å². The quantitative estimate of drug-likeness (QED) is 0.620. The molecule has 0 fully saturated rings. The molecule has 0 atom stereocenters. The van der Waals surface area contributed by atoms with Crippen molar-refractivity contribution in [1.82, 2.24) is 6.15 Å². The first-order valence-electron chi connectivity index (χ1n) is 4.99. The Morgan fingerprint density at radius 1 is 1.12 bits per heavy atom. The van der Waals surface area contributed by atoms with Gasteiger partial charge in [-0.1, -0.05) is 43.3 Å². The van der Waals surface area contributed by atoms with Gasteiger partial charge in [-0.3, -0.25) is 4.79 Å². The third kappa shape index (κ3) is 2.38. The predicted octanol–water partition coefficient (Wildman–Crippen LogP) is 3.32. The van der Waals surface area contributed by atoms with Crippen molar-refractivity contribution in [2.45, 2.75) is 13.3 Å². The van der Waals surface area contributed by atoms with E-state index in [2.05, 4.69) is 0 Å². The molecule has 0 spiro atoms. The molecule has 0 aliphatic rings. The zero-order valence-corrected chi connectivity index (χ0v) is 9.27. The Morgan fingerprint density at radius 2 is 1.81 bits per heavy atom. The fourth-order valence-corrected chi connectivity index (χ4v) is 1.48. The molecule has 0 radical (unpaired) electrons. The van der Waals surface area contributed by atoms with Crippen LogP contribution in [0, 0.1) is 0 Å². The lowest BCUT2D eigenvalue weighted by Gasteiger charge is -2.06. The Bertz CT molecular complexity index is 489. The molecule has 0 bridgehead atoms. The molecule has 0 saturated heterocycles. The van der Waals surface area contributed by atoms with Crippen molar-refractivity contribution in [2.24, 2.45) is 0 Å². The molecule has 3 N–H and O–H groups in total. The first kappa shape index (κ1) is 12.2. The number of hydrogen-bond acceptors (Lipinski definition) is 3. The van der Waals surface area contributed by atoms with Gasteiger partial charge < -0.3 is 10.9 Å². The number of carbonyl (C=O) groups is 1. The van der Waals surface area contributed by atoms with Crippen molar-refractivity contribution in [2.75, 3.05) is 0 Å². The van der Waals surface area contributed by atoms with Gasteiger partial charge in [-0.2, -0.15) is 0 Å². The van der Waals surface area contributed by atoms with Crippen LogP contribution in [0.1, 0.15) is 13.3 Å². The highest BCUT2D eigenvalue weighted by molar-refractivity contribution is 5.90. The van der Waals surface area contributed by atoms with E-state index in [0.29, 0.717) is 12.2 Å². The minimum Gasteiger partial charge on any atom is -0.426 e. The van der Waals surface area contributed by atoms with Crippen LogP contribution < -0.4 is 10.9 Å². The fourth-order valence-electron chi connectivity index (χ4n) is 1.48. The molecule has 0 unspecified atom stereocenters. The van der Waals surface area contributed by atoms with E-state index in [9.17, 15) is 4.79 Å². The summed E-state index contributed by atoms with van der Waals surface area (Å²) < 4.78 is 5.24. The van der Waals surface area contributed by atoms with Gasteiger partial charge in [-0.25, -0.2) is 0 Å². The second kappa shape index (κ2) is 5.28. The van der Waals surface area contributed by atoms with Crippen molar-refractivity contribution >= 4 is 16.7 Å². The van der Waals surface area contributed by atoms with E-state index >= 15 is 0 Å². The minimum absolute atomic E-state index is 0. The summed E-state index contributed by atoms with van der Waals surface area (Å²) in [5.74, 6) is 0.436. The summed E-state index contributed by atoms with van der Waals surface area (Å²) in [6, 6.07) is 13.6. The van der Waals surface area contributed by atoms with Crippen molar-refractivity contribution in [3.63, 3.8) is 0 Å². The van der Waals surface area contributed by atoms with Gasteiger partial charge in [0.05, 0.1) is 0 Å². The number of hydrogen-bond donors (Lipinski definition) is 1. The highest BCUT2D eigenvalue weighted by Crippen LogP contribution is 2.25. The van der Waals surface area contributed by atoms with Crippen LogP contribution in [0.15, 0.2) is 42.5 Å². The van der Waals surface area contributed by atoms with Crippen LogP contribution in [-0.2, 0) is 4.79 Å². The monoisotopic (exact) mass is 217 g/mol. The van der Waals surface area contributed by atoms with E-state index in [1.165, 1.54) is 0 Å². The normalized spacial score (nSPS) is 9.56. The standard InChI is InChI=1S/C13H12O2.H3N/c1-2-13(14)15-12-9-5-7-10-6-3-4-8-11(10)12;/h3-9H,2H2,1H3;1H3. The first-order valence-corrected chi connectivity index (χ1v) is 4.99. The maximum absolute atomic E-state index is 11.2. The van der Waals surface area contributed by atoms with Crippen molar-refractivity contribution in [3.8, 4) is 5.75 Å². The Morgan fingerprint density at radius 3 is 2.56 bits per heavy atom. The van der Waals surface area contributed by atoms with Gasteiger partial charge >= 0.3 is 5.97 Å². The average molecular weight is 217 g/mol. The van der Waals surface area contributed by atoms with Crippen molar-refractivity contribution in [1.29, 1.82) is 0 Å². The number of ether oxygens (including phenoxy) is 1. The molecule has 3 nitrogen and oxygen atoms in total. The SMILES string of the molecule is CCC(=O)Oc1cccc2ccccc12.N. The van der Waals surface area contributed by atoms with E-state index in [4.69, 9.17) is 4.74 Å². The summed E-state index contributed by atoms with van der Waals surface area (Å²) >= 11 is 0. The molecular formula is C13H15NO2. The van der Waals surface area contributed by atoms with E-state index in [1.807, 2.05) is 42.5 Å².